The number of hydrogen-bond acceptors (Lipinski definition) is 7. The molecule has 0 aromatic carbocycles. The molecule has 0 bridgehead atoms. The van der Waals surface area contributed by atoms with Crippen molar-refractivity contribution in [2.45, 2.75) is 18.3 Å². The second kappa shape index (κ2) is 5.97. The molecular formula is C6H13NO6. The van der Waals surface area contributed by atoms with Crippen LogP contribution in [0.5, 0.6) is 0 Å². The standard InChI is InChI=1S/C6H13NO6/c7-13-2-4(10)6(12)5(11)3(9)1-8/h4-6,8,10-12H,1-2,7H2/t4-,5+,6+/m1/s1. The largest absolute Gasteiger partial charge is 0.388 e. The molecular weight excluding hydrogens is 182 g/mol. The molecule has 13 heavy (non-hydrogen) atoms. The normalized spacial score (nSPS) is 17.9. The fourth-order valence-corrected chi connectivity index (χ4v) is 0.692. The molecule has 0 radical (unpaired) electrons. The van der Waals surface area contributed by atoms with Gasteiger partial charge < -0.3 is 25.3 Å². The Balaban J connectivity index is 4.07. The van der Waals surface area contributed by atoms with Crippen LogP contribution in [0.3, 0.4) is 0 Å². The summed E-state index contributed by atoms with van der Waals surface area (Å²) in [5, 5.41) is 35.3. The van der Waals surface area contributed by atoms with Crippen molar-refractivity contribution >= 4 is 5.78 Å². The molecule has 0 aliphatic rings. The van der Waals surface area contributed by atoms with Crippen molar-refractivity contribution in [3.8, 4) is 0 Å². The lowest BCUT2D eigenvalue weighted by Crippen LogP contribution is -2.45. The predicted octanol–water partition coefficient (Wildman–Crippen LogP) is -3.48. The fraction of sp³-hybridized carbons (Fsp3) is 0.833. The topological polar surface area (TPSA) is 133 Å². The van der Waals surface area contributed by atoms with E-state index < -0.39 is 37.3 Å². The summed E-state index contributed by atoms with van der Waals surface area (Å²) in [6.07, 6.45) is -5.03. The minimum Gasteiger partial charge on any atom is -0.388 e. The van der Waals surface area contributed by atoms with Crippen LogP contribution >= 0.6 is 0 Å². The molecule has 0 rings (SSSR count). The smallest absolute Gasteiger partial charge is 0.189 e. The third-order valence-corrected chi connectivity index (χ3v) is 1.47. The minimum atomic E-state index is -1.84. The van der Waals surface area contributed by atoms with Gasteiger partial charge in [0.1, 0.15) is 24.9 Å². The Morgan fingerprint density at radius 2 is 1.92 bits per heavy atom. The molecule has 0 aliphatic carbocycles. The van der Waals surface area contributed by atoms with Gasteiger partial charge in [0.25, 0.3) is 0 Å². The van der Waals surface area contributed by atoms with E-state index in [-0.39, 0.29) is 0 Å². The molecule has 6 N–H and O–H groups in total. The number of carbonyl (C=O) groups is 1. The van der Waals surface area contributed by atoms with Crippen LogP contribution in [0.1, 0.15) is 0 Å². The van der Waals surface area contributed by atoms with Crippen molar-refractivity contribution in [3.63, 3.8) is 0 Å². The van der Waals surface area contributed by atoms with Crippen LogP contribution in [0.2, 0.25) is 0 Å². The zero-order chi connectivity index (χ0) is 10.4. The lowest BCUT2D eigenvalue weighted by molar-refractivity contribution is -0.144. The lowest BCUT2D eigenvalue weighted by atomic mass is 10.1. The van der Waals surface area contributed by atoms with E-state index in [1.165, 1.54) is 0 Å². The van der Waals surface area contributed by atoms with E-state index in [0.717, 1.165) is 0 Å². The first kappa shape index (κ1) is 12.4. The number of aliphatic hydroxyl groups is 4. The highest BCUT2D eigenvalue weighted by Gasteiger charge is 2.29. The summed E-state index contributed by atoms with van der Waals surface area (Å²) in [6, 6.07) is 0. The fourth-order valence-electron chi connectivity index (χ4n) is 0.692. The van der Waals surface area contributed by atoms with Gasteiger partial charge in [-0.1, -0.05) is 0 Å². The van der Waals surface area contributed by atoms with Gasteiger partial charge in [0.05, 0.1) is 6.61 Å². The number of nitrogens with two attached hydrogens (primary N) is 1. The van der Waals surface area contributed by atoms with Crippen molar-refractivity contribution in [2.75, 3.05) is 13.2 Å². The Morgan fingerprint density at radius 1 is 1.38 bits per heavy atom. The number of rotatable bonds is 6. The summed E-state index contributed by atoms with van der Waals surface area (Å²) in [5.74, 6) is 3.61. The first-order chi connectivity index (χ1) is 6.04. The van der Waals surface area contributed by atoms with Gasteiger partial charge in [0.2, 0.25) is 0 Å². The zero-order valence-electron chi connectivity index (χ0n) is 6.83. The molecule has 0 spiro atoms. The van der Waals surface area contributed by atoms with Crippen molar-refractivity contribution < 1.29 is 30.1 Å². The monoisotopic (exact) mass is 195 g/mol. The summed E-state index contributed by atoms with van der Waals surface area (Å²) in [6.45, 7) is -1.33. The molecule has 7 nitrogen and oxygen atoms in total. The lowest BCUT2D eigenvalue weighted by Gasteiger charge is -2.20. The molecule has 0 aromatic heterocycles. The van der Waals surface area contributed by atoms with Gasteiger partial charge in [-0.05, 0) is 0 Å². The zero-order valence-corrected chi connectivity index (χ0v) is 6.83. The van der Waals surface area contributed by atoms with Gasteiger partial charge in [-0.15, -0.1) is 0 Å². The van der Waals surface area contributed by atoms with E-state index >= 15 is 0 Å². The van der Waals surface area contributed by atoms with Crippen LogP contribution in [0.25, 0.3) is 0 Å². The number of Topliss-reactive ketones (excluding diaryl/α,β-unsaturated/α-hetero) is 1. The number of hydrogen-bond donors (Lipinski definition) is 5. The Bertz CT molecular complexity index is 163. The summed E-state index contributed by atoms with van der Waals surface area (Å²) in [7, 11) is 0. The van der Waals surface area contributed by atoms with Gasteiger partial charge in [0.15, 0.2) is 5.78 Å². The highest BCUT2D eigenvalue weighted by Crippen LogP contribution is 2.01. The maximum Gasteiger partial charge on any atom is 0.189 e. The Hall–Kier alpha value is -0.570. The molecule has 0 aliphatic heterocycles. The van der Waals surface area contributed by atoms with E-state index in [0.29, 0.717) is 0 Å². The Kier molecular flexibility index (Phi) is 5.71. The van der Waals surface area contributed by atoms with Crippen molar-refractivity contribution in [1.82, 2.24) is 0 Å². The van der Waals surface area contributed by atoms with Crippen LogP contribution in [-0.2, 0) is 9.63 Å². The van der Waals surface area contributed by atoms with Crippen LogP contribution in [0, 0.1) is 0 Å². The molecule has 7 heteroatoms. The second-order valence-electron chi connectivity index (χ2n) is 2.46. The van der Waals surface area contributed by atoms with Gasteiger partial charge >= 0.3 is 0 Å². The van der Waals surface area contributed by atoms with Crippen molar-refractivity contribution in [3.05, 3.63) is 0 Å². The summed E-state index contributed by atoms with van der Waals surface area (Å²) in [4.78, 5) is 14.6. The van der Waals surface area contributed by atoms with Gasteiger partial charge in [-0.3, -0.25) is 4.79 Å². The van der Waals surface area contributed by atoms with E-state index in [1.807, 2.05) is 0 Å². The maximum absolute atomic E-state index is 10.6. The highest BCUT2D eigenvalue weighted by molar-refractivity contribution is 5.84. The van der Waals surface area contributed by atoms with E-state index in [2.05, 4.69) is 10.7 Å². The average molecular weight is 195 g/mol. The van der Waals surface area contributed by atoms with Crippen molar-refractivity contribution in [1.29, 1.82) is 0 Å². The molecule has 0 amide bonds. The third-order valence-electron chi connectivity index (χ3n) is 1.47. The second-order valence-corrected chi connectivity index (χ2v) is 2.46. The summed E-state index contributed by atoms with van der Waals surface area (Å²) < 4.78 is 0. The number of ketones is 1. The molecule has 78 valence electrons. The van der Waals surface area contributed by atoms with Crippen LogP contribution < -0.4 is 5.90 Å². The van der Waals surface area contributed by atoms with Gasteiger partial charge in [-0.25, -0.2) is 5.90 Å². The third kappa shape index (κ3) is 3.77. The van der Waals surface area contributed by atoms with Gasteiger partial charge in [0, 0.05) is 0 Å². The van der Waals surface area contributed by atoms with E-state index in [4.69, 9.17) is 20.4 Å². The van der Waals surface area contributed by atoms with Crippen LogP contribution in [-0.4, -0.2) is 57.7 Å². The van der Waals surface area contributed by atoms with Gasteiger partial charge in [-0.2, -0.15) is 0 Å². The van der Waals surface area contributed by atoms with E-state index in [1.54, 1.807) is 0 Å². The van der Waals surface area contributed by atoms with Crippen LogP contribution in [0.15, 0.2) is 0 Å². The van der Waals surface area contributed by atoms with Crippen molar-refractivity contribution in [2.24, 2.45) is 5.90 Å². The Labute approximate surface area is 74.3 Å². The SMILES string of the molecule is NOC[C@@H](O)[C@H](O)[C@@H](O)C(=O)CO. The van der Waals surface area contributed by atoms with E-state index in [9.17, 15) is 4.79 Å². The molecule has 0 fully saturated rings. The molecule has 0 saturated carbocycles. The molecule has 0 unspecified atom stereocenters. The molecule has 0 heterocycles. The van der Waals surface area contributed by atoms with Crippen LogP contribution in [0.4, 0.5) is 0 Å². The maximum atomic E-state index is 10.6. The Morgan fingerprint density at radius 3 is 2.31 bits per heavy atom. The predicted molar refractivity (Wildman–Crippen MR) is 40.3 cm³/mol. The quantitative estimate of drug-likeness (QED) is 0.278. The summed E-state index contributed by atoms with van der Waals surface area (Å²) in [5.41, 5.74) is 0. The average Bonchev–Trinajstić information content (AvgIpc) is 2.14. The number of aliphatic hydroxyl groups excluding tert-OH is 4. The first-order valence-corrected chi connectivity index (χ1v) is 3.54. The first-order valence-electron chi connectivity index (χ1n) is 3.54. The minimum absolute atomic E-state index is 0.420. The highest BCUT2D eigenvalue weighted by atomic mass is 16.6. The molecule has 0 aromatic rings. The summed E-state index contributed by atoms with van der Waals surface area (Å²) >= 11 is 0. The number of carbonyl (C=O) groups excluding carboxylic acids is 1. The molecule has 0 saturated heterocycles. The molecule has 3 atom stereocenters.